The molecule has 88 valence electrons. The number of nitrogens with one attached hydrogen (secondary N) is 2. The van der Waals surface area contributed by atoms with Gasteiger partial charge in [-0.05, 0) is 19.0 Å². The van der Waals surface area contributed by atoms with Crippen molar-refractivity contribution >= 4 is 5.91 Å². The van der Waals surface area contributed by atoms with Crippen LogP contribution in [0.2, 0.25) is 0 Å². The number of imidazole rings is 1. The Hall–Kier alpha value is -1.36. The Balaban J connectivity index is 1.67. The molecule has 0 saturated carbocycles. The number of hydrogen-bond acceptors (Lipinski definition) is 3. The molecule has 1 amide bonds. The van der Waals surface area contributed by atoms with Crippen molar-refractivity contribution in [3.63, 3.8) is 0 Å². The van der Waals surface area contributed by atoms with E-state index in [0.717, 1.165) is 19.6 Å². The Morgan fingerprint density at radius 2 is 2.50 bits per heavy atom. The topological polar surface area (TPSA) is 59.0 Å². The predicted molar refractivity (Wildman–Crippen MR) is 60.8 cm³/mol. The molecule has 0 radical (unpaired) electrons. The van der Waals surface area contributed by atoms with E-state index in [4.69, 9.17) is 0 Å². The van der Waals surface area contributed by atoms with Gasteiger partial charge in [0.05, 0.1) is 6.33 Å². The highest BCUT2D eigenvalue weighted by atomic mass is 16.1. The van der Waals surface area contributed by atoms with Crippen LogP contribution in [0.3, 0.4) is 0 Å². The first kappa shape index (κ1) is 11.1. The highest BCUT2D eigenvalue weighted by Gasteiger charge is 2.28. The molecule has 1 aliphatic rings. The zero-order chi connectivity index (χ0) is 11.4. The molecule has 2 N–H and O–H groups in total. The minimum absolute atomic E-state index is 0.115. The molecule has 1 aromatic heterocycles. The largest absolute Gasteiger partial charge is 0.354 e. The zero-order valence-corrected chi connectivity index (χ0v) is 9.52. The van der Waals surface area contributed by atoms with E-state index in [9.17, 15) is 4.79 Å². The second-order valence-electron chi connectivity index (χ2n) is 4.30. The SMILES string of the molecule is CC(C(=O)NCCn1ccnc1)C1CNC1. The lowest BCUT2D eigenvalue weighted by atomic mass is 9.88. The smallest absolute Gasteiger partial charge is 0.223 e. The van der Waals surface area contributed by atoms with Crippen LogP contribution >= 0.6 is 0 Å². The van der Waals surface area contributed by atoms with Crippen molar-refractivity contribution in [3.8, 4) is 0 Å². The summed E-state index contributed by atoms with van der Waals surface area (Å²) in [5.74, 6) is 0.781. The first-order chi connectivity index (χ1) is 7.77. The summed E-state index contributed by atoms with van der Waals surface area (Å²) in [7, 11) is 0. The van der Waals surface area contributed by atoms with Crippen LogP contribution in [0, 0.1) is 11.8 Å². The summed E-state index contributed by atoms with van der Waals surface area (Å²) in [5, 5.41) is 6.14. The summed E-state index contributed by atoms with van der Waals surface area (Å²) in [5.41, 5.74) is 0. The van der Waals surface area contributed by atoms with Crippen LogP contribution in [-0.4, -0.2) is 35.1 Å². The van der Waals surface area contributed by atoms with Gasteiger partial charge in [0, 0.05) is 31.4 Å². The standard InChI is InChI=1S/C11H18N4O/c1-9(10-6-13-7-10)11(16)14-3-5-15-4-2-12-8-15/h2,4,8-10,13H,3,5-7H2,1H3,(H,14,16). The van der Waals surface area contributed by atoms with Gasteiger partial charge in [0.15, 0.2) is 0 Å². The Morgan fingerprint density at radius 3 is 3.06 bits per heavy atom. The summed E-state index contributed by atoms with van der Waals surface area (Å²) >= 11 is 0. The third-order valence-electron chi connectivity index (χ3n) is 3.16. The Kier molecular flexibility index (Phi) is 3.56. The molecule has 2 heterocycles. The van der Waals surface area contributed by atoms with Crippen LogP contribution in [-0.2, 0) is 11.3 Å². The van der Waals surface area contributed by atoms with E-state index in [-0.39, 0.29) is 11.8 Å². The highest BCUT2D eigenvalue weighted by Crippen LogP contribution is 2.15. The van der Waals surface area contributed by atoms with Crippen LogP contribution < -0.4 is 10.6 Å². The van der Waals surface area contributed by atoms with E-state index in [0.29, 0.717) is 12.5 Å². The molecule has 0 aromatic carbocycles. The lowest BCUT2D eigenvalue weighted by molar-refractivity contribution is -0.126. The first-order valence-corrected chi connectivity index (χ1v) is 5.71. The van der Waals surface area contributed by atoms with Gasteiger partial charge in [-0.1, -0.05) is 6.92 Å². The zero-order valence-electron chi connectivity index (χ0n) is 9.52. The predicted octanol–water partition coefficient (Wildman–Crippen LogP) is -0.145. The average molecular weight is 222 g/mol. The number of carbonyl (C=O) groups excluding carboxylic acids is 1. The van der Waals surface area contributed by atoms with Gasteiger partial charge >= 0.3 is 0 Å². The molecule has 0 bridgehead atoms. The van der Waals surface area contributed by atoms with Gasteiger partial charge < -0.3 is 15.2 Å². The van der Waals surface area contributed by atoms with Crippen LogP contribution in [0.1, 0.15) is 6.92 Å². The van der Waals surface area contributed by atoms with Crippen LogP contribution in [0.5, 0.6) is 0 Å². The molecule has 0 spiro atoms. The second kappa shape index (κ2) is 5.12. The molecule has 1 unspecified atom stereocenters. The molecule has 1 saturated heterocycles. The first-order valence-electron chi connectivity index (χ1n) is 5.71. The Bertz CT molecular complexity index is 332. The van der Waals surface area contributed by atoms with Crippen molar-refractivity contribution in [2.45, 2.75) is 13.5 Å². The van der Waals surface area contributed by atoms with Crippen molar-refractivity contribution in [1.82, 2.24) is 20.2 Å². The Morgan fingerprint density at radius 1 is 1.69 bits per heavy atom. The summed E-state index contributed by atoms with van der Waals surface area (Å²) in [6.07, 6.45) is 5.39. The third-order valence-corrected chi connectivity index (χ3v) is 3.16. The summed E-state index contributed by atoms with van der Waals surface area (Å²) in [6, 6.07) is 0. The normalized spacial score (nSPS) is 17.8. The second-order valence-corrected chi connectivity index (χ2v) is 4.30. The maximum atomic E-state index is 11.7. The van der Waals surface area contributed by atoms with Crippen LogP contribution in [0.15, 0.2) is 18.7 Å². The van der Waals surface area contributed by atoms with Crippen molar-refractivity contribution in [2.75, 3.05) is 19.6 Å². The van der Waals surface area contributed by atoms with E-state index in [2.05, 4.69) is 15.6 Å². The van der Waals surface area contributed by atoms with Crippen LogP contribution in [0.25, 0.3) is 0 Å². The van der Waals surface area contributed by atoms with E-state index < -0.39 is 0 Å². The minimum atomic E-state index is 0.115. The van der Waals surface area contributed by atoms with Crippen molar-refractivity contribution < 1.29 is 4.79 Å². The van der Waals surface area contributed by atoms with Crippen molar-refractivity contribution in [3.05, 3.63) is 18.7 Å². The molecule has 1 aliphatic heterocycles. The number of rotatable bonds is 5. The molecule has 2 rings (SSSR count). The van der Waals surface area contributed by atoms with E-state index in [1.54, 1.807) is 12.5 Å². The van der Waals surface area contributed by atoms with E-state index in [1.165, 1.54) is 0 Å². The number of hydrogen-bond donors (Lipinski definition) is 2. The maximum absolute atomic E-state index is 11.7. The maximum Gasteiger partial charge on any atom is 0.223 e. The summed E-state index contributed by atoms with van der Waals surface area (Å²) in [6.45, 7) is 5.38. The molecule has 1 fully saturated rings. The average Bonchev–Trinajstić information content (AvgIpc) is 2.67. The number of aromatic nitrogens is 2. The van der Waals surface area contributed by atoms with Gasteiger partial charge in [0.2, 0.25) is 5.91 Å². The third kappa shape index (κ3) is 2.61. The molecule has 5 heteroatoms. The molecule has 0 aliphatic carbocycles. The lowest BCUT2D eigenvalue weighted by Gasteiger charge is -2.31. The van der Waals surface area contributed by atoms with Gasteiger partial charge in [0.1, 0.15) is 0 Å². The van der Waals surface area contributed by atoms with Crippen molar-refractivity contribution in [1.29, 1.82) is 0 Å². The van der Waals surface area contributed by atoms with Crippen LogP contribution in [0.4, 0.5) is 0 Å². The Labute approximate surface area is 95.2 Å². The molecule has 1 atom stereocenters. The molecular formula is C11H18N4O. The monoisotopic (exact) mass is 222 g/mol. The molecule has 5 nitrogen and oxygen atoms in total. The van der Waals surface area contributed by atoms with Crippen molar-refractivity contribution in [2.24, 2.45) is 11.8 Å². The minimum Gasteiger partial charge on any atom is -0.354 e. The van der Waals surface area contributed by atoms with Gasteiger partial charge in [-0.3, -0.25) is 4.79 Å². The fourth-order valence-corrected chi connectivity index (χ4v) is 1.77. The van der Waals surface area contributed by atoms with E-state index >= 15 is 0 Å². The number of amides is 1. The fraction of sp³-hybridized carbons (Fsp3) is 0.636. The molecule has 16 heavy (non-hydrogen) atoms. The highest BCUT2D eigenvalue weighted by molar-refractivity contribution is 5.78. The van der Waals surface area contributed by atoms with Gasteiger partial charge in [-0.25, -0.2) is 4.98 Å². The summed E-state index contributed by atoms with van der Waals surface area (Å²) < 4.78 is 1.95. The van der Waals surface area contributed by atoms with Gasteiger partial charge in [-0.2, -0.15) is 0 Å². The molecular weight excluding hydrogens is 204 g/mol. The fourth-order valence-electron chi connectivity index (χ4n) is 1.77. The van der Waals surface area contributed by atoms with Gasteiger partial charge in [-0.15, -0.1) is 0 Å². The van der Waals surface area contributed by atoms with E-state index in [1.807, 2.05) is 17.7 Å². The number of nitrogens with zero attached hydrogens (tertiary/aromatic N) is 2. The lowest BCUT2D eigenvalue weighted by Crippen LogP contribution is -2.49. The molecule has 1 aromatic rings. The summed E-state index contributed by atoms with van der Waals surface area (Å²) in [4.78, 5) is 15.7. The van der Waals surface area contributed by atoms with Gasteiger partial charge in [0.25, 0.3) is 0 Å². The quantitative estimate of drug-likeness (QED) is 0.728. The number of carbonyl (C=O) groups is 1.